The highest BCUT2D eigenvalue weighted by molar-refractivity contribution is 7.99. The van der Waals surface area contributed by atoms with Crippen LogP contribution in [-0.2, 0) is 13.6 Å². The molecule has 19 heavy (non-hydrogen) atoms. The van der Waals surface area contributed by atoms with E-state index < -0.39 is 0 Å². The van der Waals surface area contributed by atoms with Gasteiger partial charge in [-0.25, -0.2) is 0 Å². The number of thioether (sulfide) groups is 1. The molecule has 3 nitrogen and oxygen atoms in total. The van der Waals surface area contributed by atoms with Gasteiger partial charge in [0.1, 0.15) is 0 Å². The Morgan fingerprint density at radius 2 is 2.00 bits per heavy atom. The van der Waals surface area contributed by atoms with E-state index in [4.69, 9.17) is 0 Å². The van der Waals surface area contributed by atoms with E-state index in [-0.39, 0.29) is 0 Å². The van der Waals surface area contributed by atoms with Crippen LogP contribution in [0.15, 0.2) is 5.03 Å². The third kappa shape index (κ3) is 5.19. The van der Waals surface area contributed by atoms with Crippen LogP contribution in [0.1, 0.15) is 45.4 Å². The molecule has 0 bridgehead atoms. The van der Waals surface area contributed by atoms with Gasteiger partial charge in [-0.05, 0) is 25.3 Å². The Kier molecular flexibility index (Phi) is 6.94. The van der Waals surface area contributed by atoms with Gasteiger partial charge in [0.25, 0.3) is 0 Å². The Morgan fingerprint density at radius 3 is 2.58 bits per heavy atom. The van der Waals surface area contributed by atoms with Crippen molar-refractivity contribution in [3.05, 3.63) is 11.3 Å². The first kappa shape index (κ1) is 16.6. The van der Waals surface area contributed by atoms with Gasteiger partial charge in [-0.2, -0.15) is 5.10 Å². The predicted molar refractivity (Wildman–Crippen MR) is 84.7 cm³/mol. The van der Waals surface area contributed by atoms with E-state index >= 15 is 0 Å². The molecule has 1 aromatic heterocycles. The van der Waals surface area contributed by atoms with E-state index in [1.54, 1.807) is 0 Å². The number of aromatic nitrogens is 2. The van der Waals surface area contributed by atoms with Crippen molar-refractivity contribution in [3.63, 3.8) is 0 Å². The SMILES string of the molecule is CCC(C)CSc1c(CNCC(C)C)c(C)nn1C. The van der Waals surface area contributed by atoms with Crippen molar-refractivity contribution in [1.29, 1.82) is 0 Å². The summed E-state index contributed by atoms with van der Waals surface area (Å²) in [5.74, 6) is 2.62. The molecule has 0 saturated heterocycles. The van der Waals surface area contributed by atoms with Crippen molar-refractivity contribution in [1.82, 2.24) is 15.1 Å². The van der Waals surface area contributed by atoms with Crippen molar-refractivity contribution in [2.75, 3.05) is 12.3 Å². The number of aryl methyl sites for hydroxylation is 2. The first-order valence-electron chi connectivity index (χ1n) is 7.31. The maximum absolute atomic E-state index is 4.57. The molecule has 1 atom stereocenters. The summed E-state index contributed by atoms with van der Waals surface area (Å²) in [4.78, 5) is 0. The molecule has 1 rings (SSSR count). The average Bonchev–Trinajstić information content (AvgIpc) is 2.61. The lowest BCUT2D eigenvalue weighted by Gasteiger charge is -2.11. The molecular weight excluding hydrogens is 254 g/mol. The molecule has 0 radical (unpaired) electrons. The lowest BCUT2D eigenvalue weighted by molar-refractivity contribution is 0.547. The number of nitrogens with zero attached hydrogens (tertiary/aromatic N) is 2. The van der Waals surface area contributed by atoms with Gasteiger partial charge in [0.05, 0.1) is 10.7 Å². The van der Waals surface area contributed by atoms with Crippen LogP contribution in [0.3, 0.4) is 0 Å². The first-order chi connectivity index (χ1) is 8.95. The molecule has 0 spiro atoms. The molecule has 110 valence electrons. The molecule has 0 amide bonds. The summed E-state index contributed by atoms with van der Waals surface area (Å²) in [6.45, 7) is 13.1. The van der Waals surface area contributed by atoms with Crippen LogP contribution in [0, 0.1) is 18.8 Å². The summed E-state index contributed by atoms with van der Waals surface area (Å²) in [5.41, 5.74) is 2.53. The Hall–Kier alpha value is -0.480. The number of hydrogen-bond donors (Lipinski definition) is 1. The number of rotatable bonds is 8. The largest absolute Gasteiger partial charge is 0.312 e. The smallest absolute Gasteiger partial charge is 0.0984 e. The minimum absolute atomic E-state index is 0.688. The highest BCUT2D eigenvalue weighted by Crippen LogP contribution is 2.27. The van der Waals surface area contributed by atoms with Crippen LogP contribution in [0.2, 0.25) is 0 Å². The highest BCUT2D eigenvalue weighted by Gasteiger charge is 2.14. The molecule has 0 aliphatic rings. The van der Waals surface area contributed by atoms with Crippen LogP contribution in [0.25, 0.3) is 0 Å². The molecule has 0 saturated carbocycles. The van der Waals surface area contributed by atoms with Crippen molar-refractivity contribution in [3.8, 4) is 0 Å². The van der Waals surface area contributed by atoms with Crippen LogP contribution >= 0.6 is 11.8 Å². The second-order valence-corrected chi connectivity index (χ2v) is 6.85. The molecule has 1 N–H and O–H groups in total. The van der Waals surface area contributed by atoms with E-state index in [0.717, 1.165) is 24.7 Å². The van der Waals surface area contributed by atoms with Crippen molar-refractivity contribution in [2.24, 2.45) is 18.9 Å². The molecule has 1 heterocycles. The Morgan fingerprint density at radius 1 is 1.32 bits per heavy atom. The van der Waals surface area contributed by atoms with Gasteiger partial charge in [0, 0.05) is 24.9 Å². The zero-order valence-corrected chi connectivity index (χ0v) is 14.1. The van der Waals surface area contributed by atoms with Crippen LogP contribution in [0.4, 0.5) is 0 Å². The fourth-order valence-electron chi connectivity index (χ4n) is 1.89. The third-order valence-corrected chi connectivity index (χ3v) is 4.86. The average molecular weight is 283 g/mol. The standard InChI is InChI=1S/C15H29N3S/c1-7-12(4)10-19-15-14(9-16-8-11(2)3)13(5)17-18(15)6/h11-12,16H,7-10H2,1-6H3. The fraction of sp³-hybridized carbons (Fsp3) is 0.800. The topological polar surface area (TPSA) is 29.9 Å². The van der Waals surface area contributed by atoms with Gasteiger partial charge in [0.2, 0.25) is 0 Å². The lowest BCUT2D eigenvalue weighted by Crippen LogP contribution is -2.19. The third-order valence-electron chi connectivity index (χ3n) is 3.34. The van der Waals surface area contributed by atoms with Crippen molar-refractivity contribution >= 4 is 11.8 Å². The summed E-state index contributed by atoms with van der Waals surface area (Å²) in [6.07, 6.45) is 1.24. The van der Waals surface area contributed by atoms with E-state index in [1.165, 1.54) is 22.8 Å². The molecular formula is C15H29N3S. The van der Waals surface area contributed by atoms with Crippen LogP contribution in [-0.4, -0.2) is 22.1 Å². The second kappa shape index (κ2) is 7.95. The second-order valence-electron chi connectivity index (χ2n) is 5.84. The number of hydrogen-bond acceptors (Lipinski definition) is 3. The normalized spacial score (nSPS) is 13.2. The summed E-state index contributed by atoms with van der Waals surface area (Å²) in [7, 11) is 2.05. The molecule has 0 aliphatic heterocycles. The van der Waals surface area contributed by atoms with Gasteiger partial charge in [-0.1, -0.05) is 34.1 Å². The van der Waals surface area contributed by atoms with Crippen LogP contribution in [0.5, 0.6) is 0 Å². The van der Waals surface area contributed by atoms with Gasteiger partial charge in [-0.15, -0.1) is 11.8 Å². The zero-order chi connectivity index (χ0) is 14.4. The van der Waals surface area contributed by atoms with Gasteiger partial charge < -0.3 is 5.32 Å². The fourth-order valence-corrected chi connectivity index (χ4v) is 3.19. The Labute approximate surface area is 122 Å². The summed E-state index contributed by atoms with van der Waals surface area (Å²) < 4.78 is 2.04. The lowest BCUT2D eigenvalue weighted by atomic mass is 10.2. The summed E-state index contributed by atoms with van der Waals surface area (Å²) in [5, 5.41) is 9.43. The minimum Gasteiger partial charge on any atom is -0.312 e. The molecule has 0 fully saturated rings. The first-order valence-corrected chi connectivity index (χ1v) is 8.30. The molecule has 4 heteroatoms. The summed E-state index contributed by atoms with van der Waals surface area (Å²) in [6, 6.07) is 0. The number of nitrogens with one attached hydrogen (secondary N) is 1. The maximum atomic E-state index is 4.57. The Bertz CT molecular complexity index is 385. The molecule has 0 aliphatic carbocycles. The van der Waals surface area contributed by atoms with Crippen molar-refractivity contribution in [2.45, 2.75) is 52.6 Å². The monoisotopic (exact) mass is 283 g/mol. The quantitative estimate of drug-likeness (QED) is 0.739. The van der Waals surface area contributed by atoms with E-state index in [1.807, 2.05) is 16.4 Å². The molecule has 1 unspecified atom stereocenters. The predicted octanol–water partition coefficient (Wildman–Crippen LogP) is 3.61. The molecule has 1 aromatic rings. The summed E-state index contributed by atoms with van der Waals surface area (Å²) >= 11 is 1.95. The van der Waals surface area contributed by atoms with Gasteiger partial charge >= 0.3 is 0 Å². The van der Waals surface area contributed by atoms with Crippen molar-refractivity contribution < 1.29 is 0 Å². The van der Waals surface area contributed by atoms with Gasteiger partial charge in [-0.3, -0.25) is 4.68 Å². The minimum atomic E-state index is 0.688. The molecule has 0 aromatic carbocycles. The van der Waals surface area contributed by atoms with E-state index in [2.05, 4.69) is 52.1 Å². The van der Waals surface area contributed by atoms with Crippen LogP contribution < -0.4 is 5.32 Å². The highest BCUT2D eigenvalue weighted by atomic mass is 32.2. The maximum Gasteiger partial charge on any atom is 0.0984 e. The van der Waals surface area contributed by atoms with E-state index in [9.17, 15) is 0 Å². The Balaban J connectivity index is 2.67. The van der Waals surface area contributed by atoms with Gasteiger partial charge in [0.15, 0.2) is 0 Å². The zero-order valence-electron chi connectivity index (χ0n) is 13.3. The van der Waals surface area contributed by atoms with E-state index in [0.29, 0.717) is 5.92 Å².